The summed E-state index contributed by atoms with van der Waals surface area (Å²) in [5, 5.41) is 17.9. The number of nitrogens with one attached hydrogen (secondary N) is 6. The summed E-state index contributed by atoms with van der Waals surface area (Å²) in [6.07, 6.45) is -3.93. The van der Waals surface area contributed by atoms with E-state index in [0.717, 1.165) is 127 Å². The number of aromatic nitrogens is 2. The fraction of sp³-hybridized carbons (Fsp3) is 0.429. The highest BCUT2D eigenvalue weighted by Gasteiger charge is 2.56. The largest absolute Gasteiger partial charge is 0.491 e. The minimum atomic E-state index is -4.74. The van der Waals surface area contributed by atoms with E-state index in [-0.39, 0.29) is 57.0 Å². The van der Waals surface area contributed by atoms with E-state index in [1.165, 1.54) is 31.3 Å². The van der Waals surface area contributed by atoms with Gasteiger partial charge in [-0.25, -0.2) is 9.97 Å². The monoisotopic (exact) mass is 1230 g/mol. The number of piperazine rings is 1. The molecule has 7 aliphatic heterocycles. The van der Waals surface area contributed by atoms with Gasteiger partial charge in [0.25, 0.3) is 11.8 Å². The van der Waals surface area contributed by atoms with Crippen molar-refractivity contribution >= 4 is 80.7 Å². The fourth-order valence-corrected chi connectivity index (χ4v) is 15.0. The smallest absolute Gasteiger partial charge is 0.419 e. The summed E-state index contributed by atoms with van der Waals surface area (Å²) in [7, 11) is 1.45. The Morgan fingerprint density at radius 3 is 1.80 bits per heavy atom. The Bertz CT molecular complexity index is 3550. The third-order valence-corrected chi connectivity index (χ3v) is 19.9. The summed E-state index contributed by atoms with van der Waals surface area (Å²) < 4.78 is 105. The van der Waals surface area contributed by atoms with E-state index in [2.05, 4.69) is 66.4 Å². The van der Waals surface area contributed by atoms with Gasteiger partial charge in [-0.05, 0) is 87.3 Å². The van der Waals surface area contributed by atoms with Crippen LogP contribution in [0.5, 0.6) is 11.5 Å². The lowest BCUT2D eigenvalue weighted by molar-refractivity contribution is -0.138. The maximum absolute atomic E-state index is 14.6. The predicted molar refractivity (Wildman–Crippen MR) is 328 cm³/mol. The number of likely N-dealkylation sites (tertiary alicyclic amines) is 1. The number of piperidine rings is 1. The Labute approximate surface area is 510 Å². The van der Waals surface area contributed by atoms with E-state index in [9.17, 15) is 35.9 Å². The van der Waals surface area contributed by atoms with Crippen LogP contribution in [0, 0.1) is 5.41 Å². The van der Waals surface area contributed by atoms with Crippen LogP contribution >= 0.6 is 11.8 Å². The summed E-state index contributed by atoms with van der Waals surface area (Å²) in [5.41, 5.74) is 1.45. The first-order valence-corrected chi connectivity index (χ1v) is 31.0. The van der Waals surface area contributed by atoms with Crippen LogP contribution in [-0.4, -0.2) is 165 Å². The Morgan fingerprint density at radius 1 is 0.625 bits per heavy atom. The minimum absolute atomic E-state index is 0.0132. The van der Waals surface area contributed by atoms with Crippen LogP contribution in [0.2, 0.25) is 0 Å². The molecule has 5 saturated heterocycles. The molecule has 88 heavy (non-hydrogen) atoms. The topological polar surface area (TPSA) is 176 Å². The maximum atomic E-state index is 14.6. The molecule has 6 aromatic rings. The van der Waals surface area contributed by atoms with E-state index in [0.29, 0.717) is 60.9 Å². The zero-order chi connectivity index (χ0) is 60.7. The molecule has 7 aliphatic rings. The molecule has 0 aliphatic carbocycles. The number of amides is 2. The van der Waals surface area contributed by atoms with Gasteiger partial charge in [-0.3, -0.25) is 19.4 Å². The average Bonchev–Trinajstić information content (AvgIpc) is 1.57. The van der Waals surface area contributed by atoms with Crippen molar-refractivity contribution in [2.45, 2.75) is 61.5 Å². The number of carbonyl (C=O) groups is 2. The number of nitrogens with zero attached hydrogens (tertiary/aromatic N) is 7. The van der Waals surface area contributed by atoms with E-state index < -0.39 is 35.3 Å². The molecule has 0 radical (unpaired) electrons. The Kier molecular flexibility index (Phi) is 16.6. The second-order valence-electron chi connectivity index (χ2n) is 23.6. The first kappa shape index (κ1) is 59.3. The van der Waals surface area contributed by atoms with Gasteiger partial charge in [0.1, 0.15) is 29.7 Å². The molecule has 2 amide bonds. The van der Waals surface area contributed by atoms with Gasteiger partial charge >= 0.3 is 12.4 Å². The van der Waals surface area contributed by atoms with Crippen LogP contribution in [0.3, 0.4) is 0 Å². The van der Waals surface area contributed by atoms with Crippen LogP contribution in [0.1, 0.15) is 57.5 Å². The molecular formula is C63H69F6N13O5S. The van der Waals surface area contributed by atoms with Crippen molar-refractivity contribution in [1.29, 1.82) is 0 Å². The molecule has 25 heteroatoms. The van der Waals surface area contributed by atoms with E-state index in [1.54, 1.807) is 36.4 Å². The predicted octanol–water partition coefficient (Wildman–Crippen LogP) is 10.4. The number of hydrogen-bond acceptors (Lipinski definition) is 17. The van der Waals surface area contributed by atoms with Gasteiger partial charge in [0.15, 0.2) is 0 Å². The van der Waals surface area contributed by atoms with Crippen molar-refractivity contribution in [3.05, 3.63) is 132 Å². The van der Waals surface area contributed by atoms with Gasteiger partial charge in [-0.15, -0.1) is 11.8 Å². The van der Waals surface area contributed by atoms with Crippen molar-refractivity contribution in [1.82, 2.24) is 35.3 Å². The molecule has 1 unspecified atom stereocenters. The van der Waals surface area contributed by atoms with Gasteiger partial charge in [0.2, 0.25) is 0 Å². The summed E-state index contributed by atoms with van der Waals surface area (Å²) in [6.45, 7) is 10.4. The highest BCUT2D eigenvalue weighted by atomic mass is 32.2. The number of thioether (sulfide) groups is 1. The highest BCUT2D eigenvalue weighted by Crippen LogP contribution is 2.55. The molecule has 13 rings (SSSR count). The normalized spacial score (nSPS) is 21.8. The molecule has 9 heterocycles. The van der Waals surface area contributed by atoms with Gasteiger partial charge in [-0.1, -0.05) is 24.3 Å². The first-order chi connectivity index (χ1) is 42.6. The number of benzene rings is 4. The maximum Gasteiger partial charge on any atom is 0.419 e. The fourth-order valence-electron chi connectivity index (χ4n) is 13.4. The van der Waals surface area contributed by atoms with Crippen LogP contribution in [0.4, 0.5) is 83.5 Å². The van der Waals surface area contributed by atoms with Gasteiger partial charge in [-0.2, -0.15) is 26.3 Å². The molecule has 3 atom stereocenters. The van der Waals surface area contributed by atoms with Crippen molar-refractivity contribution in [3.8, 4) is 11.5 Å². The summed E-state index contributed by atoms with van der Waals surface area (Å²) >= 11 is 1.96. The van der Waals surface area contributed by atoms with Crippen LogP contribution in [0.25, 0.3) is 0 Å². The number of alkyl halides is 6. The van der Waals surface area contributed by atoms with Crippen LogP contribution in [0.15, 0.2) is 109 Å². The number of rotatable bonds is 15. The molecule has 0 spiro atoms. The molecule has 464 valence electrons. The zero-order valence-corrected chi connectivity index (χ0v) is 49.3. The molecule has 5 fully saturated rings. The lowest BCUT2D eigenvalue weighted by atomic mass is 9.88. The van der Waals surface area contributed by atoms with Gasteiger partial charge in [0.05, 0.1) is 79.8 Å². The standard InChI is InChI=1S/C63H69F6N13O5S/c1-70-58(83)44-6-2-4-8-48(44)76-50-30-56(72-32-46(50)62(64,65)66)74-39-10-12-52-54(28-39)86-35-43-34-79(22-24-81(43)52)41-14-19-78(20-15-41)21-18-71-59(84)45-7-3-5-9-49(45)77-51-31-57(73-33-47(51)63(67,68)69)75-40-11-13-53-55(29-40)87-37-61-36-80(42-16-26-85-27-17-42)23-25-82(53)60(61)88-38-61/h2-13,28-33,41-43,60H,14-27,34-38H2,1H3,(H,70,83)(H,71,84)(H2,72,74,76)(H2,73,75,77)/t43-,60?,61+/m0/s1. The number of carbonyl (C=O) groups excluding carboxylic acids is 2. The van der Waals surface area contributed by atoms with Gasteiger partial charge < -0.3 is 60.8 Å². The molecular weight excluding hydrogens is 1160 g/mol. The first-order valence-electron chi connectivity index (χ1n) is 29.9. The Morgan fingerprint density at radius 2 is 1.19 bits per heavy atom. The van der Waals surface area contributed by atoms with E-state index in [1.807, 2.05) is 48.2 Å². The summed E-state index contributed by atoms with van der Waals surface area (Å²) in [4.78, 5) is 46.9. The van der Waals surface area contributed by atoms with Gasteiger partial charge in [0, 0.05) is 138 Å². The van der Waals surface area contributed by atoms with Crippen molar-refractivity contribution in [2.75, 3.05) is 136 Å². The molecule has 0 saturated carbocycles. The number of halogens is 6. The quantitative estimate of drug-likeness (QED) is 0.0535. The lowest BCUT2D eigenvalue weighted by Gasteiger charge is -2.51. The second-order valence-corrected chi connectivity index (χ2v) is 24.6. The SMILES string of the molecule is CNC(=O)c1ccccc1Nc1cc(Nc2ccc3c(c2)OC[C@@H]2CN(C4CCN(CCNC(=O)c5ccccc5Nc5cc(Nc6ccc7c(c6)OC[C@]68CSC6N7CCN(C6CCOCC6)C8)ncc5C(F)(F)F)CC4)CCN32)ncc1C(F)(F)F. The molecule has 4 aromatic carbocycles. The second kappa shape index (κ2) is 24.7. The highest BCUT2D eigenvalue weighted by molar-refractivity contribution is 8.01. The van der Waals surface area contributed by atoms with Crippen molar-refractivity contribution in [2.24, 2.45) is 5.41 Å². The number of hydrogen-bond donors (Lipinski definition) is 6. The molecule has 6 N–H and O–H groups in total. The van der Waals surface area contributed by atoms with E-state index >= 15 is 0 Å². The summed E-state index contributed by atoms with van der Waals surface area (Å²) in [6, 6.07) is 27.9. The third kappa shape index (κ3) is 12.4. The molecule has 18 nitrogen and oxygen atoms in total. The van der Waals surface area contributed by atoms with E-state index in [4.69, 9.17) is 14.2 Å². The number of para-hydroxylation sites is 2. The zero-order valence-electron chi connectivity index (χ0n) is 48.5. The Balaban J connectivity index is 0.591. The average molecular weight is 1230 g/mol. The molecule has 2 aromatic heterocycles. The van der Waals surface area contributed by atoms with Crippen molar-refractivity contribution < 1.29 is 50.1 Å². The lowest BCUT2D eigenvalue weighted by Crippen LogP contribution is -2.60. The van der Waals surface area contributed by atoms with Crippen LogP contribution < -0.4 is 51.2 Å². The molecule has 2 bridgehead atoms. The number of pyridine rings is 2. The number of anilines is 10. The van der Waals surface area contributed by atoms with Crippen molar-refractivity contribution in [3.63, 3.8) is 0 Å². The number of ether oxygens (including phenoxy) is 3. The van der Waals surface area contributed by atoms with Crippen LogP contribution in [-0.2, 0) is 17.1 Å². The number of fused-ring (bicyclic) bond motifs is 5. The Hall–Kier alpha value is -7.71. The summed E-state index contributed by atoms with van der Waals surface area (Å²) in [5.74, 6) is 1.87. The minimum Gasteiger partial charge on any atom is -0.491 e. The third-order valence-electron chi connectivity index (χ3n) is 18.0.